The molecule has 0 heterocycles. The fourth-order valence-electron chi connectivity index (χ4n) is 0.871. The average Bonchev–Trinajstić information content (AvgIpc) is 2.10. The molecule has 1 aromatic rings. The number of benzene rings is 1. The topological polar surface area (TPSA) is 21.7 Å². The van der Waals surface area contributed by atoms with E-state index in [4.69, 9.17) is 9.68 Å². The lowest BCUT2D eigenvalue weighted by atomic mass is 10.3. The lowest BCUT2D eigenvalue weighted by Crippen LogP contribution is -2.20. The van der Waals surface area contributed by atoms with Crippen molar-refractivity contribution in [3.05, 3.63) is 30.1 Å². The molecular weight excluding hydrogens is 161 g/mol. The Morgan fingerprint density at radius 2 is 1.75 bits per heavy atom. The van der Waals surface area contributed by atoms with Crippen LogP contribution in [0.2, 0.25) is 0 Å². The molecule has 1 aromatic carbocycles. The van der Waals surface area contributed by atoms with Crippen LogP contribution in [0.15, 0.2) is 24.3 Å². The summed E-state index contributed by atoms with van der Waals surface area (Å²) < 4.78 is 13.0. The summed E-state index contributed by atoms with van der Waals surface area (Å²) in [6, 6.07) is 6.19. The summed E-state index contributed by atoms with van der Waals surface area (Å²) in [6.45, 7) is 0. The minimum atomic E-state index is -0.388. The van der Waals surface area contributed by atoms with Gasteiger partial charge in [0.1, 0.15) is 5.69 Å². The highest BCUT2D eigenvalue weighted by molar-refractivity contribution is 5.42. The predicted octanol–water partition coefficient (Wildman–Crippen LogP) is 1.75. The molecule has 0 atom stereocenters. The maximum Gasteiger partial charge on any atom is 0.151 e. The van der Waals surface area contributed by atoms with Gasteiger partial charge in [0.15, 0.2) is 5.82 Å². The third-order valence-electron chi connectivity index (χ3n) is 1.38. The van der Waals surface area contributed by atoms with Gasteiger partial charge in [0.25, 0.3) is 0 Å². The quantitative estimate of drug-likeness (QED) is 0.647. The largest absolute Gasteiger partial charge is 0.252 e. The Morgan fingerprint density at radius 1 is 1.17 bits per heavy atom. The maximum absolute atomic E-state index is 13.0. The van der Waals surface area contributed by atoms with Crippen molar-refractivity contribution in [1.29, 1.82) is 0 Å². The van der Waals surface area contributed by atoms with Crippen molar-refractivity contribution in [1.82, 2.24) is 0 Å². The molecule has 0 aromatic heterocycles. The second kappa shape index (κ2) is 4.04. The zero-order valence-electron chi connectivity index (χ0n) is 6.95. The number of hydrogen-bond donors (Lipinski definition) is 0. The molecule has 4 heteroatoms. The first-order valence-corrected chi connectivity index (χ1v) is 3.42. The SMILES string of the molecule is CON(OC)c1ccccc1F. The van der Waals surface area contributed by atoms with Gasteiger partial charge in [-0.15, -0.1) is 5.23 Å². The van der Waals surface area contributed by atoms with Crippen LogP contribution in [0.5, 0.6) is 0 Å². The van der Waals surface area contributed by atoms with Crippen molar-refractivity contribution >= 4 is 5.69 Å². The molecule has 0 aliphatic rings. The summed E-state index contributed by atoms with van der Waals surface area (Å²) in [5, 5.41) is 0.995. The molecule has 0 radical (unpaired) electrons. The Hall–Kier alpha value is -1.13. The van der Waals surface area contributed by atoms with E-state index in [2.05, 4.69) is 0 Å². The Balaban J connectivity index is 2.92. The van der Waals surface area contributed by atoms with Gasteiger partial charge < -0.3 is 0 Å². The third kappa shape index (κ3) is 1.72. The number of anilines is 1. The van der Waals surface area contributed by atoms with Crippen molar-refractivity contribution in [2.24, 2.45) is 0 Å². The monoisotopic (exact) mass is 171 g/mol. The number of hydrogen-bond acceptors (Lipinski definition) is 3. The maximum atomic E-state index is 13.0. The Labute approximate surface area is 70.2 Å². The van der Waals surface area contributed by atoms with Crippen molar-refractivity contribution in [2.75, 3.05) is 19.4 Å². The smallest absolute Gasteiger partial charge is 0.151 e. The predicted molar refractivity (Wildman–Crippen MR) is 42.9 cm³/mol. The zero-order chi connectivity index (χ0) is 8.97. The summed E-state index contributed by atoms with van der Waals surface area (Å²) in [4.78, 5) is 9.47. The van der Waals surface area contributed by atoms with Gasteiger partial charge in [0.05, 0.1) is 14.2 Å². The molecule has 12 heavy (non-hydrogen) atoms. The van der Waals surface area contributed by atoms with Gasteiger partial charge >= 0.3 is 0 Å². The fraction of sp³-hybridized carbons (Fsp3) is 0.250. The average molecular weight is 171 g/mol. The van der Waals surface area contributed by atoms with Crippen LogP contribution in [-0.4, -0.2) is 14.2 Å². The number of para-hydroxylation sites is 1. The van der Waals surface area contributed by atoms with E-state index in [-0.39, 0.29) is 11.5 Å². The number of halogens is 1. The summed E-state index contributed by atoms with van der Waals surface area (Å²) >= 11 is 0. The molecule has 0 unspecified atom stereocenters. The van der Waals surface area contributed by atoms with E-state index >= 15 is 0 Å². The highest BCUT2D eigenvalue weighted by Gasteiger charge is 2.08. The lowest BCUT2D eigenvalue weighted by molar-refractivity contribution is -0.0446. The van der Waals surface area contributed by atoms with Crippen LogP contribution in [0.4, 0.5) is 10.1 Å². The highest BCUT2D eigenvalue weighted by Crippen LogP contribution is 2.17. The van der Waals surface area contributed by atoms with E-state index in [1.165, 1.54) is 20.3 Å². The normalized spacial score (nSPS) is 9.92. The molecule has 0 saturated carbocycles. The first-order valence-electron chi connectivity index (χ1n) is 3.42. The zero-order valence-corrected chi connectivity index (χ0v) is 6.95. The van der Waals surface area contributed by atoms with Crippen LogP contribution in [0.1, 0.15) is 0 Å². The van der Waals surface area contributed by atoms with Crippen molar-refractivity contribution in [2.45, 2.75) is 0 Å². The van der Waals surface area contributed by atoms with E-state index in [0.717, 1.165) is 5.23 Å². The van der Waals surface area contributed by atoms with E-state index < -0.39 is 0 Å². The summed E-state index contributed by atoms with van der Waals surface area (Å²) in [5.74, 6) is -0.388. The minimum Gasteiger partial charge on any atom is -0.252 e. The van der Waals surface area contributed by atoms with Crippen molar-refractivity contribution < 1.29 is 14.1 Å². The molecule has 1 rings (SSSR count). The molecule has 0 aliphatic carbocycles. The molecule has 66 valence electrons. The Bertz CT molecular complexity index is 251. The van der Waals surface area contributed by atoms with Gasteiger partial charge in [-0.3, -0.25) is 9.68 Å². The van der Waals surface area contributed by atoms with E-state index in [9.17, 15) is 4.39 Å². The van der Waals surface area contributed by atoms with Crippen molar-refractivity contribution in [3.63, 3.8) is 0 Å². The third-order valence-corrected chi connectivity index (χ3v) is 1.38. The van der Waals surface area contributed by atoms with Crippen molar-refractivity contribution in [3.8, 4) is 0 Å². The molecule has 0 N–H and O–H groups in total. The van der Waals surface area contributed by atoms with E-state index in [1.807, 2.05) is 0 Å². The second-order valence-electron chi connectivity index (χ2n) is 2.07. The van der Waals surface area contributed by atoms with Crippen LogP contribution in [-0.2, 0) is 9.68 Å². The first kappa shape index (κ1) is 8.96. The molecule has 0 bridgehead atoms. The van der Waals surface area contributed by atoms with Crippen LogP contribution >= 0.6 is 0 Å². The number of rotatable bonds is 3. The minimum absolute atomic E-state index is 0.252. The van der Waals surface area contributed by atoms with Crippen LogP contribution < -0.4 is 5.23 Å². The molecule has 0 spiro atoms. The van der Waals surface area contributed by atoms with Crippen LogP contribution in [0.3, 0.4) is 0 Å². The molecule has 0 aliphatic heterocycles. The van der Waals surface area contributed by atoms with Crippen LogP contribution in [0, 0.1) is 5.82 Å². The molecule has 0 amide bonds. The molecular formula is C8H10FNO2. The second-order valence-corrected chi connectivity index (χ2v) is 2.07. The number of nitrogens with zero attached hydrogens (tertiary/aromatic N) is 1. The summed E-state index contributed by atoms with van der Waals surface area (Å²) in [5.41, 5.74) is 0.252. The Morgan fingerprint density at radius 3 is 2.25 bits per heavy atom. The van der Waals surface area contributed by atoms with Gasteiger partial charge in [-0.25, -0.2) is 4.39 Å². The van der Waals surface area contributed by atoms with Gasteiger partial charge in [-0.2, -0.15) is 0 Å². The summed E-state index contributed by atoms with van der Waals surface area (Å²) in [6.07, 6.45) is 0. The fourth-order valence-corrected chi connectivity index (χ4v) is 0.871. The van der Waals surface area contributed by atoms with E-state index in [1.54, 1.807) is 18.2 Å². The Kier molecular flexibility index (Phi) is 3.01. The van der Waals surface area contributed by atoms with Gasteiger partial charge in [-0.1, -0.05) is 12.1 Å². The van der Waals surface area contributed by atoms with E-state index in [0.29, 0.717) is 0 Å². The standard InChI is InChI=1S/C8H10FNO2/c1-11-10(12-2)8-6-4-3-5-7(8)9/h3-6H,1-2H3. The molecule has 0 saturated heterocycles. The van der Waals surface area contributed by atoms with Gasteiger partial charge in [0, 0.05) is 0 Å². The molecule has 3 nitrogen and oxygen atoms in total. The van der Waals surface area contributed by atoms with Crippen LogP contribution in [0.25, 0.3) is 0 Å². The highest BCUT2D eigenvalue weighted by atomic mass is 19.1. The lowest BCUT2D eigenvalue weighted by Gasteiger charge is -2.17. The van der Waals surface area contributed by atoms with Gasteiger partial charge in [-0.05, 0) is 12.1 Å². The summed E-state index contributed by atoms with van der Waals surface area (Å²) in [7, 11) is 2.80. The molecule has 0 fully saturated rings. The van der Waals surface area contributed by atoms with Gasteiger partial charge in [0.2, 0.25) is 0 Å². The first-order chi connectivity index (χ1) is 5.79.